The molecule has 0 aliphatic carbocycles. The van der Waals surface area contributed by atoms with E-state index in [0.29, 0.717) is 6.61 Å². The molecule has 0 saturated carbocycles. The van der Waals surface area contributed by atoms with Crippen molar-refractivity contribution in [1.29, 1.82) is 0 Å². The Morgan fingerprint density at radius 3 is 1.27 bits per heavy atom. The Labute approximate surface area is 96.0 Å². The summed E-state index contributed by atoms with van der Waals surface area (Å²) >= 11 is 0. The number of aliphatic hydroxyl groups excluding tert-OH is 1. The molecule has 0 radical (unpaired) electrons. The largest absolute Gasteiger partial charge is 0.396 e. The standard InChI is InChI=1S/C13H28O.H3N/c1-2-3-4-5-6-7-8-9-10-11-12-13-14;/h14H,2-13H2,1H3;1H3. The molecule has 15 heavy (non-hydrogen) atoms. The van der Waals surface area contributed by atoms with Crippen molar-refractivity contribution in [3.8, 4) is 0 Å². The summed E-state index contributed by atoms with van der Waals surface area (Å²) in [4.78, 5) is 0. The van der Waals surface area contributed by atoms with Crippen LogP contribution in [0.5, 0.6) is 0 Å². The van der Waals surface area contributed by atoms with Crippen LogP contribution in [-0.2, 0) is 0 Å². The summed E-state index contributed by atoms with van der Waals surface area (Å²) in [6.07, 6.45) is 14.8. The molecule has 0 unspecified atom stereocenters. The van der Waals surface area contributed by atoms with Gasteiger partial charge in [0.1, 0.15) is 0 Å². The fourth-order valence-corrected chi connectivity index (χ4v) is 1.78. The lowest BCUT2D eigenvalue weighted by Gasteiger charge is -2.01. The van der Waals surface area contributed by atoms with E-state index in [1.807, 2.05) is 0 Å². The summed E-state index contributed by atoms with van der Waals surface area (Å²) in [5.41, 5.74) is 0. The smallest absolute Gasteiger partial charge is 0.0431 e. The molecule has 0 bridgehead atoms. The monoisotopic (exact) mass is 217 g/mol. The Morgan fingerprint density at radius 2 is 0.933 bits per heavy atom. The van der Waals surface area contributed by atoms with Gasteiger partial charge in [0.25, 0.3) is 0 Å². The topological polar surface area (TPSA) is 55.2 Å². The first kappa shape index (κ1) is 17.3. The van der Waals surface area contributed by atoms with Gasteiger partial charge in [-0.2, -0.15) is 0 Å². The molecule has 0 aliphatic heterocycles. The summed E-state index contributed by atoms with van der Waals surface area (Å²) in [6, 6.07) is 0. The van der Waals surface area contributed by atoms with Crippen molar-refractivity contribution in [3.05, 3.63) is 0 Å². The van der Waals surface area contributed by atoms with Gasteiger partial charge in [-0.15, -0.1) is 0 Å². The second-order valence-corrected chi connectivity index (χ2v) is 4.26. The van der Waals surface area contributed by atoms with Crippen molar-refractivity contribution in [2.75, 3.05) is 6.61 Å². The second-order valence-electron chi connectivity index (χ2n) is 4.26. The molecule has 0 aliphatic rings. The molecule has 0 heterocycles. The number of hydrogen-bond acceptors (Lipinski definition) is 2. The maximum Gasteiger partial charge on any atom is 0.0431 e. The number of rotatable bonds is 11. The van der Waals surface area contributed by atoms with Gasteiger partial charge < -0.3 is 11.3 Å². The van der Waals surface area contributed by atoms with Crippen LogP contribution in [0.1, 0.15) is 77.6 Å². The molecule has 0 amide bonds. The number of aliphatic hydroxyl groups is 1. The zero-order valence-corrected chi connectivity index (χ0v) is 10.6. The molecule has 0 saturated heterocycles. The molecule has 0 spiro atoms. The lowest BCUT2D eigenvalue weighted by atomic mass is 10.1. The van der Waals surface area contributed by atoms with E-state index in [1.54, 1.807) is 0 Å². The summed E-state index contributed by atoms with van der Waals surface area (Å²) < 4.78 is 0. The summed E-state index contributed by atoms with van der Waals surface area (Å²) in [5.74, 6) is 0. The molecule has 4 N–H and O–H groups in total. The van der Waals surface area contributed by atoms with Gasteiger partial charge in [-0.3, -0.25) is 0 Å². The van der Waals surface area contributed by atoms with E-state index in [0.717, 1.165) is 6.42 Å². The first-order chi connectivity index (χ1) is 6.91. The van der Waals surface area contributed by atoms with Gasteiger partial charge in [0.15, 0.2) is 0 Å². The van der Waals surface area contributed by atoms with Gasteiger partial charge >= 0.3 is 0 Å². The molecule has 2 heteroatoms. The number of hydrogen-bond donors (Lipinski definition) is 2. The summed E-state index contributed by atoms with van der Waals surface area (Å²) in [5, 5.41) is 8.59. The van der Waals surface area contributed by atoms with Crippen LogP contribution in [0.4, 0.5) is 0 Å². The van der Waals surface area contributed by atoms with Crippen molar-refractivity contribution >= 4 is 0 Å². The highest BCUT2D eigenvalue weighted by molar-refractivity contribution is 4.47. The zero-order chi connectivity index (χ0) is 10.5. The molecule has 0 aromatic heterocycles. The Bertz CT molecular complexity index is 84.5. The van der Waals surface area contributed by atoms with Crippen LogP contribution in [0.2, 0.25) is 0 Å². The van der Waals surface area contributed by atoms with Crippen LogP contribution >= 0.6 is 0 Å². The first-order valence-corrected chi connectivity index (χ1v) is 6.52. The third-order valence-electron chi connectivity index (χ3n) is 2.76. The fraction of sp³-hybridized carbons (Fsp3) is 1.00. The predicted molar refractivity (Wildman–Crippen MR) is 68.6 cm³/mol. The molecule has 0 aromatic rings. The molecular formula is C13H31NO. The minimum atomic E-state index is 0. The van der Waals surface area contributed by atoms with Gasteiger partial charge in [0, 0.05) is 6.61 Å². The lowest BCUT2D eigenvalue weighted by molar-refractivity contribution is 0.282. The minimum Gasteiger partial charge on any atom is -0.396 e. The SMILES string of the molecule is CCCCCCCCCCCCCO.N. The highest BCUT2D eigenvalue weighted by atomic mass is 16.2. The third kappa shape index (κ3) is 16.6. The molecule has 94 valence electrons. The highest BCUT2D eigenvalue weighted by Crippen LogP contribution is 2.10. The molecule has 0 aromatic carbocycles. The van der Waals surface area contributed by atoms with Crippen molar-refractivity contribution in [2.45, 2.75) is 77.6 Å². The van der Waals surface area contributed by atoms with Gasteiger partial charge in [0.2, 0.25) is 0 Å². The highest BCUT2D eigenvalue weighted by Gasteiger charge is 1.91. The molecule has 0 rings (SSSR count). The lowest BCUT2D eigenvalue weighted by Crippen LogP contribution is -1.84. The van der Waals surface area contributed by atoms with E-state index in [4.69, 9.17) is 5.11 Å². The van der Waals surface area contributed by atoms with Gasteiger partial charge in [-0.1, -0.05) is 71.1 Å². The van der Waals surface area contributed by atoms with Gasteiger partial charge in [-0.25, -0.2) is 0 Å². The van der Waals surface area contributed by atoms with E-state index in [1.165, 1.54) is 64.2 Å². The van der Waals surface area contributed by atoms with E-state index < -0.39 is 0 Å². The third-order valence-corrected chi connectivity index (χ3v) is 2.76. The molecular weight excluding hydrogens is 186 g/mol. The second kappa shape index (κ2) is 16.4. The van der Waals surface area contributed by atoms with E-state index in [9.17, 15) is 0 Å². The number of unbranched alkanes of at least 4 members (excludes halogenated alkanes) is 10. The van der Waals surface area contributed by atoms with Crippen LogP contribution in [0.3, 0.4) is 0 Å². The minimum absolute atomic E-state index is 0. The van der Waals surface area contributed by atoms with Crippen molar-refractivity contribution < 1.29 is 5.11 Å². The van der Waals surface area contributed by atoms with E-state index >= 15 is 0 Å². The van der Waals surface area contributed by atoms with Crippen LogP contribution < -0.4 is 6.15 Å². The van der Waals surface area contributed by atoms with Crippen LogP contribution in [0.15, 0.2) is 0 Å². The Hall–Kier alpha value is -0.0800. The Balaban J connectivity index is 0. The molecule has 2 nitrogen and oxygen atoms in total. The summed E-state index contributed by atoms with van der Waals surface area (Å²) in [6.45, 7) is 2.64. The average Bonchev–Trinajstić information content (AvgIpc) is 2.21. The first-order valence-electron chi connectivity index (χ1n) is 6.52. The van der Waals surface area contributed by atoms with E-state index in [-0.39, 0.29) is 6.15 Å². The fourth-order valence-electron chi connectivity index (χ4n) is 1.78. The Kier molecular flexibility index (Phi) is 18.9. The molecule has 0 fully saturated rings. The normalized spacial score (nSPS) is 10.0. The quantitative estimate of drug-likeness (QED) is 0.502. The molecule has 0 atom stereocenters. The Morgan fingerprint density at radius 1 is 0.600 bits per heavy atom. The predicted octanol–water partition coefficient (Wildman–Crippen LogP) is 4.45. The van der Waals surface area contributed by atoms with Crippen LogP contribution in [0, 0.1) is 0 Å². The summed E-state index contributed by atoms with van der Waals surface area (Å²) in [7, 11) is 0. The zero-order valence-electron chi connectivity index (χ0n) is 10.6. The van der Waals surface area contributed by atoms with Crippen molar-refractivity contribution in [3.63, 3.8) is 0 Å². The van der Waals surface area contributed by atoms with Crippen molar-refractivity contribution in [2.24, 2.45) is 0 Å². The van der Waals surface area contributed by atoms with Crippen LogP contribution in [0.25, 0.3) is 0 Å². The van der Waals surface area contributed by atoms with Crippen LogP contribution in [-0.4, -0.2) is 11.7 Å². The maximum atomic E-state index is 8.59. The van der Waals surface area contributed by atoms with Crippen molar-refractivity contribution in [1.82, 2.24) is 6.15 Å². The van der Waals surface area contributed by atoms with Gasteiger partial charge in [-0.05, 0) is 6.42 Å². The average molecular weight is 217 g/mol. The maximum absolute atomic E-state index is 8.59. The van der Waals surface area contributed by atoms with E-state index in [2.05, 4.69) is 6.92 Å². The van der Waals surface area contributed by atoms with Gasteiger partial charge in [0.05, 0.1) is 0 Å².